The Bertz CT molecular complexity index is 989. The van der Waals surface area contributed by atoms with E-state index in [1.165, 1.54) is 44.6 Å². The minimum absolute atomic E-state index is 0.238. The molecule has 0 fully saturated rings. The van der Waals surface area contributed by atoms with Gasteiger partial charge in [0.05, 0.1) is 0 Å². The molecule has 3 aromatic rings. The highest BCUT2D eigenvalue weighted by atomic mass is 14.9. The second-order valence-electron chi connectivity index (χ2n) is 7.73. The highest BCUT2D eigenvalue weighted by Crippen LogP contribution is 2.39. The van der Waals surface area contributed by atoms with E-state index in [2.05, 4.69) is 106 Å². The molecule has 4 rings (SSSR count). The molecule has 27 heavy (non-hydrogen) atoms. The van der Waals surface area contributed by atoms with Gasteiger partial charge >= 0.3 is 0 Å². The third kappa shape index (κ3) is 3.30. The Morgan fingerprint density at radius 3 is 2.19 bits per heavy atom. The van der Waals surface area contributed by atoms with E-state index in [-0.39, 0.29) is 6.04 Å². The van der Waals surface area contributed by atoms with Crippen LogP contribution in [0, 0.1) is 20.8 Å². The molecule has 1 nitrogen and oxygen atoms in total. The van der Waals surface area contributed by atoms with Crippen molar-refractivity contribution in [2.45, 2.75) is 39.7 Å². The van der Waals surface area contributed by atoms with Crippen molar-refractivity contribution in [2.75, 3.05) is 5.32 Å². The van der Waals surface area contributed by atoms with Gasteiger partial charge in [0.15, 0.2) is 0 Å². The summed E-state index contributed by atoms with van der Waals surface area (Å²) in [5.74, 6) is 0.335. The maximum absolute atomic E-state index is 3.79. The fourth-order valence-electron chi connectivity index (χ4n) is 4.41. The summed E-state index contributed by atoms with van der Waals surface area (Å²) < 4.78 is 0. The van der Waals surface area contributed by atoms with Crippen molar-refractivity contribution in [3.05, 3.63) is 106 Å². The second kappa shape index (κ2) is 7.08. The third-order valence-electron chi connectivity index (χ3n) is 5.63. The Hall–Kier alpha value is -2.80. The molecule has 1 heteroatoms. The normalized spacial score (nSPS) is 16.2. The summed E-state index contributed by atoms with van der Waals surface area (Å²) in [5, 5.41) is 3.79. The number of hydrogen-bond donors (Lipinski definition) is 1. The topological polar surface area (TPSA) is 12.0 Å². The molecule has 0 saturated carbocycles. The van der Waals surface area contributed by atoms with Gasteiger partial charge in [0.1, 0.15) is 0 Å². The molecule has 0 aromatic heterocycles. The molecule has 2 atom stereocenters. The van der Waals surface area contributed by atoms with E-state index in [0.29, 0.717) is 5.92 Å². The molecule has 1 N–H and O–H groups in total. The first-order valence-corrected chi connectivity index (χ1v) is 9.75. The van der Waals surface area contributed by atoms with Gasteiger partial charge in [0, 0.05) is 17.6 Å². The SMILES string of the molecule is Cc1cc(C)c(NC(C)c2ccccc2C2C=Cc3ccccc32)c(C)c1. The van der Waals surface area contributed by atoms with Gasteiger partial charge in [-0.2, -0.15) is 0 Å². The molecule has 3 aromatic carbocycles. The molecule has 0 radical (unpaired) electrons. The predicted octanol–water partition coefficient (Wildman–Crippen LogP) is 6.94. The Morgan fingerprint density at radius 2 is 1.44 bits per heavy atom. The fourth-order valence-corrected chi connectivity index (χ4v) is 4.41. The summed E-state index contributed by atoms with van der Waals surface area (Å²) in [6.45, 7) is 8.81. The molecule has 136 valence electrons. The average Bonchev–Trinajstić information content (AvgIpc) is 3.08. The van der Waals surface area contributed by atoms with Crippen LogP contribution in [0.4, 0.5) is 5.69 Å². The van der Waals surface area contributed by atoms with Gasteiger partial charge in [0.25, 0.3) is 0 Å². The highest BCUT2D eigenvalue weighted by Gasteiger charge is 2.23. The minimum Gasteiger partial charge on any atom is -0.378 e. The predicted molar refractivity (Wildman–Crippen MR) is 116 cm³/mol. The van der Waals surface area contributed by atoms with Crippen molar-refractivity contribution in [1.82, 2.24) is 0 Å². The van der Waals surface area contributed by atoms with E-state index in [1.54, 1.807) is 0 Å². The lowest BCUT2D eigenvalue weighted by Crippen LogP contribution is -2.12. The first-order chi connectivity index (χ1) is 13.0. The minimum atomic E-state index is 0.238. The van der Waals surface area contributed by atoms with Gasteiger partial charge in [0.2, 0.25) is 0 Å². The number of anilines is 1. The zero-order valence-electron chi connectivity index (χ0n) is 16.6. The number of allylic oxidation sites excluding steroid dienone is 1. The van der Waals surface area contributed by atoms with Gasteiger partial charge < -0.3 is 5.32 Å². The van der Waals surface area contributed by atoms with E-state index in [1.807, 2.05) is 0 Å². The number of benzene rings is 3. The average molecular weight is 354 g/mol. The lowest BCUT2D eigenvalue weighted by Gasteiger charge is -2.24. The van der Waals surface area contributed by atoms with Gasteiger partial charge in [-0.15, -0.1) is 0 Å². The van der Waals surface area contributed by atoms with E-state index < -0.39 is 0 Å². The van der Waals surface area contributed by atoms with Crippen molar-refractivity contribution in [3.63, 3.8) is 0 Å². The number of aryl methyl sites for hydroxylation is 3. The van der Waals surface area contributed by atoms with Crippen molar-refractivity contribution in [2.24, 2.45) is 0 Å². The fraction of sp³-hybridized carbons (Fsp3) is 0.231. The number of fused-ring (bicyclic) bond motifs is 1. The standard InChI is InChI=1S/C26H27N/c1-17-15-18(2)26(19(3)16-17)27-20(4)22-10-7-8-12-24(22)25-14-13-21-9-5-6-11-23(21)25/h5-16,20,25,27H,1-4H3. The molecule has 0 heterocycles. The van der Waals surface area contributed by atoms with Crippen LogP contribution in [0.5, 0.6) is 0 Å². The smallest absolute Gasteiger partial charge is 0.0488 e. The largest absolute Gasteiger partial charge is 0.378 e. The highest BCUT2D eigenvalue weighted by molar-refractivity contribution is 5.66. The zero-order valence-corrected chi connectivity index (χ0v) is 16.6. The van der Waals surface area contributed by atoms with Crippen LogP contribution in [0.2, 0.25) is 0 Å². The van der Waals surface area contributed by atoms with Crippen LogP contribution in [0.25, 0.3) is 6.08 Å². The lowest BCUT2D eigenvalue weighted by atomic mass is 9.87. The maximum Gasteiger partial charge on any atom is 0.0488 e. The molecular formula is C26H27N. The molecule has 1 aliphatic rings. The lowest BCUT2D eigenvalue weighted by molar-refractivity contribution is 0.848. The Balaban J connectivity index is 1.69. The van der Waals surface area contributed by atoms with Crippen LogP contribution in [0.15, 0.2) is 66.7 Å². The zero-order chi connectivity index (χ0) is 19.0. The monoisotopic (exact) mass is 353 g/mol. The van der Waals surface area contributed by atoms with Crippen molar-refractivity contribution in [1.29, 1.82) is 0 Å². The van der Waals surface area contributed by atoms with Gasteiger partial charge in [-0.1, -0.05) is 78.4 Å². The van der Waals surface area contributed by atoms with E-state index in [9.17, 15) is 0 Å². The Morgan fingerprint density at radius 1 is 0.815 bits per heavy atom. The van der Waals surface area contributed by atoms with E-state index in [4.69, 9.17) is 0 Å². The number of rotatable bonds is 4. The van der Waals surface area contributed by atoms with E-state index >= 15 is 0 Å². The summed E-state index contributed by atoms with van der Waals surface area (Å²) in [4.78, 5) is 0. The Labute approximate surface area is 162 Å². The second-order valence-corrected chi connectivity index (χ2v) is 7.73. The molecule has 2 unspecified atom stereocenters. The van der Waals surface area contributed by atoms with Gasteiger partial charge in [-0.05, 0) is 61.1 Å². The molecule has 0 saturated heterocycles. The van der Waals surface area contributed by atoms with Crippen molar-refractivity contribution < 1.29 is 0 Å². The summed E-state index contributed by atoms with van der Waals surface area (Å²) in [5.41, 5.74) is 10.7. The first kappa shape index (κ1) is 17.6. The molecule has 0 bridgehead atoms. The van der Waals surface area contributed by atoms with Crippen LogP contribution >= 0.6 is 0 Å². The molecular weight excluding hydrogens is 326 g/mol. The molecule has 0 spiro atoms. The van der Waals surface area contributed by atoms with Gasteiger partial charge in [-0.3, -0.25) is 0 Å². The van der Waals surface area contributed by atoms with Crippen molar-refractivity contribution >= 4 is 11.8 Å². The summed E-state index contributed by atoms with van der Waals surface area (Å²) in [7, 11) is 0. The number of hydrogen-bond acceptors (Lipinski definition) is 1. The van der Waals surface area contributed by atoms with E-state index in [0.717, 1.165) is 0 Å². The van der Waals surface area contributed by atoms with Crippen LogP contribution in [0.3, 0.4) is 0 Å². The maximum atomic E-state index is 3.79. The van der Waals surface area contributed by atoms with Crippen LogP contribution in [-0.4, -0.2) is 0 Å². The molecule has 0 amide bonds. The van der Waals surface area contributed by atoms with Crippen LogP contribution in [-0.2, 0) is 0 Å². The number of nitrogens with one attached hydrogen (secondary N) is 1. The summed E-state index contributed by atoms with van der Waals surface area (Å²) in [6.07, 6.45) is 4.59. The van der Waals surface area contributed by atoms with Crippen LogP contribution in [0.1, 0.15) is 57.8 Å². The molecule has 0 aliphatic heterocycles. The first-order valence-electron chi connectivity index (χ1n) is 9.75. The Kier molecular flexibility index (Phi) is 4.61. The van der Waals surface area contributed by atoms with Crippen molar-refractivity contribution in [3.8, 4) is 0 Å². The van der Waals surface area contributed by atoms with Gasteiger partial charge in [-0.25, -0.2) is 0 Å². The quantitative estimate of drug-likeness (QED) is 0.535. The molecule has 1 aliphatic carbocycles. The van der Waals surface area contributed by atoms with Crippen LogP contribution < -0.4 is 5.32 Å². The summed E-state index contributed by atoms with van der Waals surface area (Å²) >= 11 is 0. The summed E-state index contributed by atoms with van der Waals surface area (Å²) in [6, 6.07) is 22.3. The third-order valence-corrected chi connectivity index (χ3v) is 5.63.